The van der Waals surface area contributed by atoms with Gasteiger partial charge in [-0.25, -0.2) is 0 Å². The highest BCUT2D eigenvalue weighted by Crippen LogP contribution is 2.06. The minimum absolute atomic E-state index is 1.19. The van der Waals surface area contributed by atoms with Crippen molar-refractivity contribution < 1.29 is 0 Å². The highest BCUT2D eigenvalue weighted by atomic mass is 15.1. The zero-order valence-corrected chi connectivity index (χ0v) is 17.7. The van der Waals surface area contributed by atoms with Gasteiger partial charge in [-0.05, 0) is 24.3 Å². The van der Waals surface area contributed by atoms with E-state index in [0.717, 1.165) is 0 Å². The Morgan fingerprint density at radius 2 is 0.885 bits per heavy atom. The van der Waals surface area contributed by atoms with Crippen molar-refractivity contribution in [2.45, 2.75) is 52.4 Å². The van der Waals surface area contributed by atoms with Crippen molar-refractivity contribution >= 4 is 11.4 Å². The molecular weight excluding hydrogens is 320 g/mol. The highest BCUT2D eigenvalue weighted by molar-refractivity contribution is 5.42. The van der Waals surface area contributed by atoms with E-state index in [2.05, 4.69) is 23.8 Å². The van der Waals surface area contributed by atoms with E-state index in [4.69, 9.17) is 0 Å². The average molecular weight is 359 g/mol. The van der Waals surface area contributed by atoms with Crippen molar-refractivity contribution in [2.24, 2.45) is 0 Å². The third-order valence-corrected chi connectivity index (χ3v) is 3.82. The first kappa shape index (κ1) is 23.9. The van der Waals surface area contributed by atoms with Gasteiger partial charge in [-0.15, -0.1) is 0 Å². The number of hydrogen-bond acceptors (Lipinski definition) is 4. The quantitative estimate of drug-likeness (QED) is 0.598. The Morgan fingerprint density at radius 3 is 1.08 bits per heavy atom. The second kappa shape index (κ2) is 16.4. The van der Waals surface area contributed by atoms with E-state index in [1.165, 1.54) is 49.9 Å². The zero-order valence-electron chi connectivity index (χ0n) is 17.7. The fourth-order valence-electron chi connectivity index (χ4n) is 2.14. The van der Waals surface area contributed by atoms with Crippen molar-refractivity contribution in [1.29, 1.82) is 0 Å². The molecule has 0 aromatic carbocycles. The molecule has 0 bridgehead atoms. The van der Waals surface area contributed by atoms with E-state index in [1.54, 1.807) is 24.8 Å². The Balaban J connectivity index is 0.000000362. The van der Waals surface area contributed by atoms with Crippen LogP contribution in [0.25, 0.3) is 0 Å². The summed E-state index contributed by atoms with van der Waals surface area (Å²) in [5.74, 6) is 0. The molecule has 0 fully saturated rings. The Kier molecular flexibility index (Phi) is 15.1. The molecule has 0 aliphatic rings. The maximum absolute atomic E-state index is 3.90. The van der Waals surface area contributed by atoms with Crippen LogP contribution >= 0.6 is 0 Å². The Hall–Kier alpha value is -2.10. The molecule has 0 amide bonds. The fourth-order valence-corrected chi connectivity index (χ4v) is 2.14. The van der Waals surface area contributed by atoms with E-state index in [-0.39, 0.29) is 0 Å². The summed E-state index contributed by atoms with van der Waals surface area (Å²) < 4.78 is 0. The van der Waals surface area contributed by atoms with E-state index < -0.39 is 0 Å². The second-order valence-electron chi connectivity index (χ2n) is 6.61. The van der Waals surface area contributed by atoms with Gasteiger partial charge in [0.25, 0.3) is 0 Å². The summed E-state index contributed by atoms with van der Waals surface area (Å²) in [6.45, 7) is 4.51. The molecule has 0 N–H and O–H groups in total. The van der Waals surface area contributed by atoms with Crippen LogP contribution in [-0.2, 0) is 0 Å². The van der Waals surface area contributed by atoms with Crippen LogP contribution in [-0.4, -0.2) is 38.2 Å². The molecule has 0 saturated heterocycles. The number of rotatable bonds is 7. The molecule has 26 heavy (non-hydrogen) atoms. The zero-order chi connectivity index (χ0) is 19.6. The molecule has 2 heterocycles. The predicted molar refractivity (Wildman–Crippen MR) is 116 cm³/mol. The van der Waals surface area contributed by atoms with Crippen LogP contribution in [0.15, 0.2) is 49.1 Å². The molecule has 0 unspecified atom stereocenters. The van der Waals surface area contributed by atoms with Crippen LogP contribution in [0.4, 0.5) is 11.4 Å². The summed E-state index contributed by atoms with van der Waals surface area (Å²) in [5.41, 5.74) is 2.37. The van der Waals surface area contributed by atoms with E-state index in [1.807, 2.05) is 62.3 Å². The van der Waals surface area contributed by atoms with Gasteiger partial charge >= 0.3 is 0 Å². The molecule has 4 heteroatoms. The molecule has 0 atom stereocenters. The summed E-state index contributed by atoms with van der Waals surface area (Å²) in [4.78, 5) is 11.9. The second-order valence-corrected chi connectivity index (χ2v) is 6.61. The van der Waals surface area contributed by atoms with Crippen LogP contribution in [0.1, 0.15) is 52.4 Å². The van der Waals surface area contributed by atoms with E-state index >= 15 is 0 Å². The van der Waals surface area contributed by atoms with Gasteiger partial charge in [-0.1, -0.05) is 52.4 Å². The summed E-state index contributed by atoms with van der Waals surface area (Å²) in [6, 6.07) is 7.89. The largest absolute Gasteiger partial charge is 0.378 e. The van der Waals surface area contributed by atoms with Gasteiger partial charge < -0.3 is 9.80 Å². The highest BCUT2D eigenvalue weighted by Gasteiger charge is 1.89. The summed E-state index contributed by atoms with van der Waals surface area (Å²) in [5, 5.41) is 0. The minimum atomic E-state index is 1.19. The van der Waals surface area contributed by atoms with Gasteiger partial charge in [0, 0.05) is 64.4 Å². The number of pyridine rings is 2. The maximum Gasteiger partial charge on any atom is 0.0391 e. The number of anilines is 2. The first-order valence-corrected chi connectivity index (χ1v) is 9.67. The van der Waals surface area contributed by atoms with Gasteiger partial charge in [0.05, 0.1) is 0 Å². The Bertz CT molecular complexity index is 463. The van der Waals surface area contributed by atoms with Crippen LogP contribution in [0.3, 0.4) is 0 Å². The molecule has 2 aromatic heterocycles. The van der Waals surface area contributed by atoms with Crippen LogP contribution < -0.4 is 9.80 Å². The SMILES string of the molecule is CCCCCCCC.CN(C)c1ccncc1.CN(C)c1ccncc1. The lowest BCUT2D eigenvalue weighted by atomic mass is 10.1. The molecule has 0 aliphatic carbocycles. The first-order chi connectivity index (χ1) is 12.5. The molecule has 0 saturated carbocycles. The van der Waals surface area contributed by atoms with Crippen LogP contribution in [0.2, 0.25) is 0 Å². The maximum atomic E-state index is 3.90. The molecule has 146 valence electrons. The first-order valence-electron chi connectivity index (χ1n) is 9.67. The third kappa shape index (κ3) is 13.2. The van der Waals surface area contributed by atoms with Crippen molar-refractivity contribution in [1.82, 2.24) is 9.97 Å². The number of nitrogens with zero attached hydrogens (tertiary/aromatic N) is 4. The molecule has 2 rings (SSSR count). The topological polar surface area (TPSA) is 32.3 Å². The van der Waals surface area contributed by atoms with Crippen molar-refractivity contribution in [3.8, 4) is 0 Å². The van der Waals surface area contributed by atoms with E-state index in [9.17, 15) is 0 Å². The normalized spacial score (nSPS) is 9.31. The summed E-state index contributed by atoms with van der Waals surface area (Å²) in [6.07, 6.45) is 15.6. The van der Waals surface area contributed by atoms with Crippen molar-refractivity contribution in [3.63, 3.8) is 0 Å². The number of unbranched alkanes of at least 4 members (excludes halogenated alkanes) is 5. The average Bonchev–Trinajstić information content (AvgIpc) is 2.68. The van der Waals surface area contributed by atoms with Crippen molar-refractivity contribution in [3.05, 3.63) is 49.1 Å². The lowest BCUT2D eigenvalue weighted by Crippen LogP contribution is -2.07. The monoisotopic (exact) mass is 358 g/mol. The lowest BCUT2D eigenvalue weighted by molar-refractivity contribution is 0.624. The molecule has 0 aliphatic heterocycles. The van der Waals surface area contributed by atoms with Gasteiger partial charge in [-0.3, -0.25) is 9.97 Å². The van der Waals surface area contributed by atoms with E-state index in [0.29, 0.717) is 0 Å². The molecule has 0 radical (unpaired) electrons. The van der Waals surface area contributed by atoms with Crippen LogP contribution in [0, 0.1) is 0 Å². The van der Waals surface area contributed by atoms with Gasteiger partial charge in [0.15, 0.2) is 0 Å². The molecule has 4 nitrogen and oxygen atoms in total. The number of aromatic nitrogens is 2. The summed E-state index contributed by atoms with van der Waals surface area (Å²) in [7, 11) is 8.04. The molecular formula is C22H38N4. The third-order valence-electron chi connectivity index (χ3n) is 3.82. The Labute approximate surface area is 161 Å². The number of hydrogen-bond donors (Lipinski definition) is 0. The Morgan fingerprint density at radius 1 is 0.577 bits per heavy atom. The lowest BCUT2D eigenvalue weighted by Gasteiger charge is -2.10. The van der Waals surface area contributed by atoms with Gasteiger partial charge in [0.1, 0.15) is 0 Å². The predicted octanol–water partition coefficient (Wildman–Crippen LogP) is 5.66. The van der Waals surface area contributed by atoms with Crippen molar-refractivity contribution in [2.75, 3.05) is 38.0 Å². The van der Waals surface area contributed by atoms with Gasteiger partial charge in [-0.2, -0.15) is 0 Å². The minimum Gasteiger partial charge on any atom is -0.378 e. The standard InChI is InChI=1S/C8H18.2C7H10N2/c1-3-5-7-8-6-4-2;2*1-9(2)7-3-5-8-6-4-7/h3-8H2,1-2H3;2*3-6H,1-2H3. The van der Waals surface area contributed by atoms with Gasteiger partial charge in [0.2, 0.25) is 0 Å². The smallest absolute Gasteiger partial charge is 0.0391 e. The fraction of sp³-hybridized carbons (Fsp3) is 0.545. The van der Waals surface area contributed by atoms with Crippen LogP contribution in [0.5, 0.6) is 0 Å². The molecule has 0 spiro atoms. The molecule has 2 aromatic rings. The summed E-state index contributed by atoms with van der Waals surface area (Å²) >= 11 is 0.